The van der Waals surface area contributed by atoms with Crippen LogP contribution in [0.5, 0.6) is 5.75 Å². The highest BCUT2D eigenvalue weighted by molar-refractivity contribution is 7.15. The van der Waals surface area contributed by atoms with Gasteiger partial charge in [-0.1, -0.05) is 12.1 Å². The molecule has 0 aliphatic carbocycles. The van der Waals surface area contributed by atoms with Crippen LogP contribution < -0.4 is 10.2 Å². The number of phenolic OH excluding ortho intramolecular Hbond substituents is 1. The van der Waals surface area contributed by atoms with Crippen molar-refractivity contribution in [2.45, 2.75) is 57.0 Å². The fraction of sp³-hybridized carbons (Fsp3) is 0.483. The lowest BCUT2D eigenvalue weighted by molar-refractivity contribution is 0.127. The van der Waals surface area contributed by atoms with Gasteiger partial charge in [-0.25, -0.2) is 4.98 Å². The van der Waals surface area contributed by atoms with E-state index in [1.807, 2.05) is 29.5 Å². The number of H-pyrrole nitrogens is 1. The molecule has 2 fully saturated rings. The molecule has 6 heterocycles. The molecular weight excluding hydrogens is 494 g/mol. The number of para-hydroxylation sites is 1. The van der Waals surface area contributed by atoms with E-state index in [1.165, 1.54) is 54.9 Å². The normalized spacial score (nSPS) is 21.7. The summed E-state index contributed by atoms with van der Waals surface area (Å²) in [6, 6.07) is 10.3. The molecule has 9 heteroatoms. The maximum absolute atomic E-state index is 10.4. The SMILES string of the molecule is C[C@@H]1c2c([nH]c3nnc(-c4ccccc4O)cc23)CCN1c1ncc(C2CCN(C3CCNCC3)CC2)s1. The summed E-state index contributed by atoms with van der Waals surface area (Å²) in [5, 5.41) is 24.9. The van der Waals surface area contributed by atoms with Crippen LogP contribution in [-0.2, 0) is 6.42 Å². The molecule has 0 saturated carbocycles. The molecule has 3 aliphatic rings. The Kier molecular flexibility index (Phi) is 6.30. The predicted molar refractivity (Wildman–Crippen MR) is 152 cm³/mol. The van der Waals surface area contributed by atoms with E-state index in [1.54, 1.807) is 6.07 Å². The van der Waals surface area contributed by atoms with Gasteiger partial charge in [0, 0.05) is 52.3 Å². The molecule has 0 amide bonds. The molecule has 0 bridgehead atoms. The van der Waals surface area contributed by atoms with Gasteiger partial charge in [-0.15, -0.1) is 21.5 Å². The number of aromatic hydroxyl groups is 1. The molecule has 3 aromatic heterocycles. The van der Waals surface area contributed by atoms with Crippen LogP contribution in [0.2, 0.25) is 0 Å². The van der Waals surface area contributed by atoms with E-state index >= 15 is 0 Å². The largest absolute Gasteiger partial charge is 0.507 e. The van der Waals surface area contributed by atoms with Crippen molar-refractivity contribution in [1.29, 1.82) is 0 Å². The van der Waals surface area contributed by atoms with E-state index in [4.69, 9.17) is 4.98 Å². The molecule has 198 valence electrons. The van der Waals surface area contributed by atoms with Gasteiger partial charge in [0.05, 0.1) is 11.7 Å². The number of hydrogen-bond acceptors (Lipinski definition) is 8. The van der Waals surface area contributed by atoms with E-state index < -0.39 is 0 Å². The number of likely N-dealkylation sites (tertiary alicyclic amines) is 1. The molecular formula is C29H35N7OS. The quantitative estimate of drug-likeness (QED) is 0.348. The highest BCUT2D eigenvalue weighted by Crippen LogP contribution is 2.42. The molecule has 3 N–H and O–H groups in total. The third-order valence-corrected chi connectivity index (χ3v) is 10.1. The summed E-state index contributed by atoms with van der Waals surface area (Å²) < 4.78 is 0. The van der Waals surface area contributed by atoms with Crippen molar-refractivity contribution in [3.05, 3.63) is 52.7 Å². The second-order valence-electron chi connectivity index (χ2n) is 11.0. The van der Waals surface area contributed by atoms with Crippen LogP contribution in [0.4, 0.5) is 5.13 Å². The molecule has 4 aromatic rings. The van der Waals surface area contributed by atoms with Crippen molar-refractivity contribution >= 4 is 27.5 Å². The van der Waals surface area contributed by atoms with Crippen LogP contribution in [0.1, 0.15) is 60.7 Å². The minimum Gasteiger partial charge on any atom is -0.507 e. The number of aromatic nitrogens is 4. The summed E-state index contributed by atoms with van der Waals surface area (Å²) >= 11 is 1.89. The summed E-state index contributed by atoms with van der Waals surface area (Å²) in [6.07, 6.45) is 8.12. The first kappa shape index (κ1) is 24.1. The number of hydrogen-bond donors (Lipinski definition) is 3. The Hall–Kier alpha value is -3.01. The highest BCUT2D eigenvalue weighted by atomic mass is 32.1. The number of piperidine rings is 2. The second-order valence-corrected chi connectivity index (χ2v) is 12.0. The van der Waals surface area contributed by atoms with Crippen LogP contribution in [0, 0.1) is 0 Å². The first-order valence-corrected chi connectivity index (χ1v) is 14.8. The van der Waals surface area contributed by atoms with E-state index in [0.29, 0.717) is 17.2 Å². The zero-order chi connectivity index (χ0) is 25.6. The number of nitrogens with one attached hydrogen (secondary N) is 2. The number of rotatable bonds is 4. The van der Waals surface area contributed by atoms with E-state index in [-0.39, 0.29) is 11.8 Å². The summed E-state index contributed by atoms with van der Waals surface area (Å²) in [7, 11) is 0. The van der Waals surface area contributed by atoms with Crippen LogP contribution >= 0.6 is 11.3 Å². The van der Waals surface area contributed by atoms with Crippen LogP contribution in [0.3, 0.4) is 0 Å². The van der Waals surface area contributed by atoms with Crippen molar-refractivity contribution in [3.63, 3.8) is 0 Å². The molecule has 38 heavy (non-hydrogen) atoms. The average Bonchev–Trinajstić information content (AvgIpc) is 3.59. The summed E-state index contributed by atoms with van der Waals surface area (Å²) in [4.78, 5) is 15.1. The average molecular weight is 530 g/mol. The van der Waals surface area contributed by atoms with Crippen molar-refractivity contribution in [2.24, 2.45) is 0 Å². The Morgan fingerprint density at radius 1 is 1.03 bits per heavy atom. The van der Waals surface area contributed by atoms with Crippen molar-refractivity contribution in [2.75, 3.05) is 37.6 Å². The Morgan fingerprint density at radius 3 is 2.66 bits per heavy atom. The molecule has 0 radical (unpaired) electrons. The molecule has 3 aliphatic heterocycles. The number of thiazole rings is 1. The maximum atomic E-state index is 10.4. The van der Waals surface area contributed by atoms with Gasteiger partial charge < -0.3 is 25.2 Å². The minimum absolute atomic E-state index is 0.176. The second kappa shape index (κ2) is 9.94. The fourth-order valence-corrected chi connectivity index (χ4v) is 7.91. The lowest BCUT2D eigenvalue weighted by atomic mass is 9.93. The third-order valence-electron chi connectivity index (χ3n) is 8.86. The van der Waals surface area contributed by atoms with Gasteiger partial charge >= 0.3 is 0 Å². The van der Waals surface area contributed by atoms with E-state index in [2.05, 4.69) is 49.5 Å². The van der Waals surface area contributed by atoms with Gasteiger partial charge in [-0.05, 0) is 82.9 Å². The number of anilines is 1. The molecule has 8 nitrogen and oxygen atoms in total. The first-order valence-electron chi connectivity index (χ1n) is 14.0. The van der Waals surface area contributed by atoms with E-state index in [9.17, 15) is 5.11 Å². The smallest absolute Gasteiger partial charge is 0.186 e. The van der Waals surface area contributed by atoms with Crippen molar-refractivity contribution < 1.29 is 5.11 Å². The molecule has 2 saturated heterocycles. The summed E-state index contributed by atoms with van der Waals surface area (Å²) in [5.74, 6) is 0.844. The lowest BCUT2D eigenvalue weighted by Crippen LogP contribution is -2.46. The number of aromatic amines is 1. The number of nitrogens with zero attached hydrogens (tertiary/aromatic N) is 5. The zero-order valence-electron chi connectivity index (χ0n) is 21.9. The van der Waals surface area contributed by atoms with Gasteiger partial charge in [0.2, 0.25) is 0 Å². The summed E-state index contributed by atoms with van der Waals surface area (Å²) in [5.41, 5.74) is 4.70. The zero-order valence-corrected chi connectivity index (χ0v) is 22.7. The Balaban J connectivity index is 1.11. The maximum Gasteiger partial charge on any atom is 0.186 e. The molecule has 1 aromatic carbocycles. The number of benzene rings is 1. The molecule has 1 atom stereocenters. The third kappa shape index (κ3) is 4.26. The van der Waals surface area contributed by atoms with Crippen molar-refractivity contribution in [3.8, 4) is 17.0 Å². The van der Waals surface area contributed by atoms with Gasteiger partial charge in [0.15, 0.2) is 10.8 Å². The molecule has 7 rings (SSSR count). The van der Waals surface area contributed by atoms with Crippen LogP contribution in [-0.4, -0.2) is 68.9 Å². The monoisotopic (exact) mass is 529 g/mol. The van der Waals surface area contributed by atoms with Gasteiger partial charge in [-0.2, -0.15) is 0 Å². The molecule has 0 unspecified atom stereocenters. The van der Waals surface area contributed by atoms with Crippen LogP contribution in [0.15, 0.2) is 36.5 Å². The topological polar surface area (TPSA) is 93.2 Å². The lowest BCUT2D eigenvalue weighted by Gasteiger charge is -2.39. The highest BCUT2D eigenvalue weighted by Gasteiger charge is 2.32. The van der Waals surface area contributed by atoms with Gasteiger partial charge in [-0.3, -0.25) is 0 Å². The van der Waals surface area contributed by atoms with E-state index in [0.717, 1.165) is 48.3 Å². The Labute approximate surface area is 227 Å². The predicted octanol–water partition coefficient (Wildman–Crippen LogP) is 4.84. The fourth-order valence-electron chi connectivity index (χ4n) is 6.72. The van der Waals surface area contributed by atoms with Gasteiger partial charge in [0.25, 0.3) is 0 Å². The van der Waals surface area contributed by atoms with Crippen LogP contribution in [0.25, 0.3) is 22.3 Å². The molecule has 0 spiro atoms. The minimum atomic E-state index is 0.176. The summed E-state index contributed by atoms with van der Waals surface area (Å²) in [6.45, 7) is 7.95. The van der Waals surface area contributed by atoms with Gasteiger partial charge in [0.1, 0.15) is 5.75 Å². The first-order chi connectivity index (χ1) is 18.7. The number of phenols is 1. The standard InChI is InChI=1S/C29H35N7OS/c1-18-27-22-16-24(21-4-2-3-5-25(21)37)33-34-28(22)32-23(27)10-15-36(18)29-31-17-26(38-29)19-8-13-35(14-9-19)20-6-11-30-12-7-20/h2-5,16-20,30,37H,6-15H2,1H3,(H,32,34)/t18-/m1/s1. The van der Waals surface area contributed by atoms with Crippen molar-refractivity contribution in [1.82, 2.24) is 30.4 Å². The Morgan fingerprint density at radius 2 is 1.84 bits per heavy atom. The number of fused-ring (bicyclic) bond motifs is 3. The Bertz CT molecular complexity index is 1430.